The molecule has 4 nitrogen and oxygen atoms in total. The first-order valence-corrected chi connectivity index (χ1v) is 21.0. The largest absolute Gasteiger partial charge is 0.457 e. The topological polar surface area (TPSA) is 47.9 Å². The van der Waals surface area contributed by atoms with Gasteiger partial charge in [0.25, 0.3) is 0 Å². The van der Waals surface area contributed by atoms with E-state index in [9.17, 15) is 0 Å². The van der Waals surface area contributed by atoms with Crippen LogP contribution in [0, 0.1) is 0 Å². The Bertz CT molecular complexity index is 3190. The van der Waals surface area contributed by atoms with Crippen LogP contribution in [0.5, 0.6) is 11.5 Å². The number of hydrogen-bond acceptors (Lipinski definition) is 4. The highest BCUT2D eigenvalue weighted by molar-refractivity contribution is 5.90. The molecule has 290 valence electrons. The van der Waals surface area contributed by atoms with Crippen LogP contribution in [0.3, 0.4) is 0 Å². The smallest absolute Gasteiger partial charge is 0.160 e. The fraction of sp³-hybridized carbons (Fsp3) is 0.0172. The molecule has 10 aromatic rings. The van der Waals surface area contributed by atoms with Crippen LogP contribution in [0.4, 0.5) is 0 Å². The number of pyridine rings is 1. The van der Waals surface area contributed by atoms with Crippen LogP contribution in [0.25, 0.3) is 78.5 Å². The third kappa shape index (κ3) is 5.80. The Labute approximate surface area is 360 Å². The lowest BCUT2D eigenvalue weighted by atomic mass is 9.65. The quantitative estimate of drug-likeness (QED) is 0.168. The van der Waals surface area contributed by atoms with Crippen molar-refractivity contribution in [1.29, 1.82) is 0 Å². The summed E-state index contributed by atoms with van der Waals surface area (Å²) in [4.78, 5) is 14.6. The third-order valence-corrected chi connectivity index (χ3v) is 12.5. The number of hydrogen-bond donors (Lipinski definition) is 0. The van der Waals surface area contributed by atoms with E-state index in [1.54, 1.807) is 0 Å². The van der Waals surface area contributed by atoms with E-state index >= 15 is 0 Å². The molecule has 0 atom stereocenters. The van der Waals surface area contributed by atoms with E-state index in [0.29, 0.717) is 5.82 Å². The van der Waals surface area contributed by atoms with Gasteiger partial charge in [-0.15, -0.1) is 0 Å². The first-order chi connectivity index (χ1) is 30.7. The van der Waals surface area contributed by atoms with E-state index in [4.69, 9.17) is 14.7 Å². The Hall–Kier alpha value is -8.21. The number of fused-ring (bicyclic) bond motifs is 9. The summed E-state index contributed by atoms with van der Waals surface area (Å²) in [6.45, 7) is 0. The summed E-state index contributed by atoms with van der Waals surface area (Å²) in [5, 5.41) is 0. The molecule has 12 rings (SSSR count). The maximum atomic E-state index is 7.09. The molecule has 0 fully saturated rings. The molecular weight excluding hydrogens is 755 g/mol. The number of benzene rings is 8. The third-order valence-electron chi connectivity index (χ3n) is 12.5. The standard InChI is InChI=1S/C58H37N3O/c1-3-13-40(14-4-1)53-37-54(61-57(60-53)43-15-5-2-6-16-43)42-28-24-39(25-29-42)45-31-33-51-56(36-45)62-55-35-44(38-22-26-41(27-23-38)52-21-11-12-34-59-52)30-32-50(55)58(51)48-19-9-7-17-46(48)47-18-8-10-20-49(47)58/h1-37H. The maximum absolute atomic E-state index is 7.09. The minimum absolute atomic E-state index is 0.556. The maximum Gasteiger partial charge on any atom is 0.160 e. The van der Waals surface area contributed by atoms with Gasteiger partial charge in [0.05, 0.1) is 22.5 Å². The zero-order valence-corrected chi connectivity index (χ0v) is 33.6. The van der Waals surface area contributed by atoms with Gasteiger partial charge in [-0.05, 0) is 74.8 Å². The second-order valence-electron chi connectivity index (χ2n) is 15.9. The highest BCUT2D eigenvalue weighted by Crippen LogP contribution is 2.62. The van der Waals surface area contributed by atoms with E-state index < -0.39 is 5.41 Å². The van der Waals surface area contributed by atoms with Crippen LogP contribution >= 0.6 is 0 Å². The molecule has 2 aromatic heterocycles. The number of nitrogens with zero attached hydrogens (tertiary/aromatic N) is 3. The van der Waals surface area contributed by atoms with E-state index in [2.05, 4.69) is 169 Å². The van der Waals surface area contributed by atoms with Gasteiger partial charge in [-0.25, -0.2) is 9.97 Å². The lowest BCUT2D eigenvalue weighted by molar-refractivity contribution is 0.437. The van der Waals surface area contributed by atoms with Crippen molar-refractivity contribution in [3.05, 3.63) is 247 Å². The number of ether oxygens (including phenoxy) is 1. The lowest BCUT2D eigenvalue weighted by Gasteiger charge is -2.39. The minimum atomic E-state index is -0.556. The van der Waals surface area contributed by atoms with E-state index in [-0.39, 0.29) is 0 Å². The molecule has 0 N–H and O–H groups in total. The first kappa shape index (κ1) is 35.7. The Kier molecular flexibility index (Phi) is 8.36. The molecule has 0 unspecified atom stereocenters. The van der Waals surface area contributed by atoms with E-state index in [1.807, 2.05) is 60.8 Å². The van der Waals surface area contributed by atoms with Crippen molar-refractivity contribution in [1.82, 2.24) is 15.0 Å². The van der Waals surface area contributed by atoms with Crippen molar-refractivity contribution in [2.45, 2.75) is 5.41 Å². The number of rotatable bonds is 6. The van der Waals surface area contributed by atoms with Crippen molar-refractivity contribution in [2.24, 2.45) is 0 Å². The summed E-state index contributed by atoms with van der Waals surface area (Å²) in [5.41, 5.74) is 18.0. The van der Waals surface area contributed by atoms with Gasteiger partial charge in [-0.3, -0.25) is 4.98 Å². The summed E-state index contributed by atoms with van der Waals surface area (Å²) >= 11 is 0. The summed E-state index contributed by atoms with van der Waals surface area (Å²) in [6.07, 6.45) is 1.83. The molecular formula is C58H37N3O. The fourth-order valence-electron chi connectivity index (χ4n) is 9.54. The Balaban J connectivity index is 0.962. The molecule has 4 heteroatoms. The molecule has 1 aliphatic heterocycles. The molecule has 0 amide bonds. The first-order valence-electron chi connectivity index (χ1n) is 21.0. The van der Waals surface area contributed by atoms with Gasteiger partial charge in [0.1, 0.15) is 11.5 Å². The molecule has 8 aromatic carbocycles. The fourth-order valence-corrected chi connectivity index (χ4v) is 9.54. The summed E-state index contributed by atoms with van der Waals surface area (Å²) < 4.78 is 7.09. The predicted octanol–water partition coefficient (Wildman–Crippen LogP) is 14.3. The molecule has 3 heterocycles. The van der Waals surface area contributed by atoms with Crippen molar-refractivity contribution in [2.75, 3.05) is 0 Å². The van der Waals surface area contributed by atoms with Crippen LogP contribution in [0.2, 0.25) is 0 Å². The van der Waals surface area contributed by atoms with Gasteiger partial charge >= 0.3 is 0 Å². The molecule has 2 aliphatic rings. The highest BCUT2D eigenvalue weighted by atomic mass is 16.5. The highest BCUT2D eigenvalue weighted by Gasteiger charge is 2.51. The van der Waals surface area contributed by atoms with Crippen LogP contribution in [0.1, 0.15) is 22.3 Å². The van der Waals surface area contributed by atoms with Crippen molar-refractivity contribution in [3.8, 4) is 90.0 Å². The van der Waals surface area contributed by atoms with Gasteiger partial charge < -0.3 is 4.74 Å². The van der Waals surface area contributed by atoms with E-state index in [0.717, 1.165) is 84.2 Å². The van der Waals surface area contributed by atoms with E-state index in [1.165, 1.54) is 22.3 Å². The van der Waals surface area contributed by atoms with Gasteiger partial charge in [-0.2, -0.15) is 0 Å². The molecule has 0 saturated heterocycles. The number of aromatic nitrogens is 3. The van der Waals surface area contributed by atoms with Gasteiger partial charge in [-0.1, -0.05) is 188 Å². The van der Waals surface area contributed by atoms with Crippen LogP contribution < -0.4 is 4.74 Å². The van der Waals surface area contributed by atoms with Gasteiger partial charge in [0, 0.05) is 39.6 Å². The van der Waals surface area contributed by atoms with Gasteiger partial charge in [0.15, 0.2) is 5.82 Å². The molecule has 62 heavy (non-hydrogen) atoms. The summed E-state index contributed by atoms with van der Waals surface area (Å²) in [7, 11) is 0. The van der Waals surface area contributed by atoms with Crippen molar-refractivity contribution >= 4 is 0 Å². The van der Waals surface area contributed by atoms with Crippen LogP contribution in [0.15, 0.2) is 225 Å². The summed E-state index contributed by atoms with van der Waals surface area (Å²) in [6, 6.07) is 77.1. The zero-order chi connectivity index (χ0) is 41.0. The second kappa shape index (κ2) is 14.5. The molecule has 0 radical (unpaired) electrons. The Morgan fingerprint density at radius 3 is 1.27 bits per heavy atom. The average molecular weight is 792 g/mol. The average Bonchev–Trinajstić information content (AvgIpc) is 3.65. The Morgan fingerprint density at radius 2 is 0.742 bits per heavy atom. The minimum Gasteiger partial charge on any atom is -0.457 e. The SMILES string of the molecule is c1ccc(-c2cc(-c3ccc(-c4ccc5c(c4)Oc4cc(-c6ccc(-c7ccccn7)cc6)ccc4C54c5ccccc5-c5ccccc54)cc3)nc(-c3ccccc3)n2)cc1. The van der Waals surface area contributed by atoms with Crippen molar-refractivity contribution < 1.29 is 4.74 Å². The predicted molar refractivity (Wildman–Crippen MR) is 250 cm³/mol. The van der Waals surface area contributed by atoms with Crippen molar-refractivity contribution in [3.63, 3.8) is 0 Å². The summed E-state index contributed by atoms with van der Waals surface area (Å²) in [5.74, 6) is 2.41. The normalized spacial score (nSPS) is 12.8. The van der Waals surface area contributed by atoms with Crippen LogP contribution in [-0.4, -0.2) is 15.0 Å². The molecule has 1 aliphatic carbocycles. The Morgan fingerprint density at radius 1 is 0.306 bits per heavy atom. The molecule has 0 bridgehead atoms. The molecule has 1 spiro atoms. The zero-order valence-electron chi connectivity index (χ0n) is 33.6. The van der Waals surface area contributed by atoms with Crippen LogP contribution in [-0.2, 0) is 5.41 Å². The second-order valence-corrected chi connectivity index (χ2v) is 15.9. The van der Waals surface area contributed by atoms with Gasteiger partial charge in [0.2, 0.25) is 0 Å². The lowest BCUT2D eigenvalue weighted by Crippen LogP contribution is -2.32. The monoisotopic (exact) mass is 791 g/mol. The molecule has 0 saturated carbocycles.